The Morgan fingerprint density at radius 2 is 1.58 bits per heavy atom. The maximum absolute atomic E-state index is 13.1. The zero-order chi connectivity index (χ0) is 23.3. The molecule has 0 bridgehead atoms. The number of benzene rings is 1. The van der Waals surface area contributed by atoms with E-state index in [0.717, 1.165) is 0 Å². The standard InChI is InChI=1S/C23H26ClNO6/c1-22(2)8-15(26)20(16(27)9-22)19(13-7-12(25(30)31)5-6-14(13)24)21-17(28)10-23(3,4)11-18(21)29/h5-7,19-20,28H,8-11H2,1-4H3. The monoisotopic (exact) mass is 447 g/mol. The highest BCUT2D eigenvalue weighted by molar-refractivity contribution is 6.31. The number of rotatable bonds is 4. The molecule has 0 heterocycles. The van der Waals surface area contributed by atoms with Gasteiger partial charge in [0.1, 0.15) is 17.3 Å². The van der Waals surface area contributed by atoms with Crippen LogP contribution in [0.5, 0.6) is 0 Å². The van der Waals surface area contributed by atoms with Gasteiger partial charge in [-0.2, -0.15) is 0 Å². The first-order chi connectivity index (χ1) is 14.2. The number of aliphatic hydroxyl groups is 1. The number of hydrogen-bond donors (Lipinski definition) is 1. The van der Waals surface area contributed by atoms with Crippen LogP contribution < -0.4 is 0 Å². The Morgan fingerprint density at radius 3 is 2.10 bits per heavy atom. The van der Waals surface area contributed by atoms with Crippen LogP contribution in [-0.2, 0) is 14.4 Å². The van der Waals surface area contributed by atoms with Crippen molar-refractivity contribution in [1.82, 2.24) is 0 Å². The fraction of sp³-hybridized carbons (Fsp3) is 0.522. The van der Waals surface area contributed by atoms with E-state index in [1.54, 1.807) is 0 Å². The molecule has 0 spiro atoms. The van der Waals surface area contributed by atoms with Crippen molar-refractivity contribution in [3.05, 3.63) is 50.2 Å². The number of nitrogens with zero attached hydrogens (tertiary/aromatic N) is 1. The van der Waals surface area contributed by atoms with Crippen molar-refractivity contribution in [1.29, 1.82) is 0 Å². The van der Waals surface area contributed by atoms with E-state index < -0.39 is 27.6 Å². The van der Waals surface area contributed by atoms with Gasteiger partial charge in [-0.1, -0.05) is 39.3 Å². The Hall–Kier alpha value is -2.54. The van der Waals surface area contributed by atoms with Crippen LogP contribution in [0.25, 0.3) is 0 Å². The molecule has 0 aliphatic heterocycles. The summed E-state index contributed by atoms with van der Waals surface area (Å²) in [6.07, 6.45) is 0.564. The second-order valence-electron chi connectivity index (χ2n) is 10.2. The van der Waals surface area contributed by atoms with Crippen LogP contribution in [-0.4, -0.2) is 27.4 Å². The number of nitro benzene ring substituents is 1. The van der Waals surface area contributed by atoms with Crippen LogP contribution >= 0.6 is 11.6 Å². The summed E-state index contributed by atoms with van der Waals surface area (Å²) in [4.78, 5) is 50.2. The van der Waals surface area contributed by atoms with Crippen LogP contribution in [0.3, 0.4) is 0 Å². The van der Waals surface area contributed by atoms with Crippen LogP contribution in [0.2, 0.25) is 5.02 Å². The number of non-ortho nitro benzene ring substituents is 1. The number of aliphatic hydroxyl groups excluding tert-OH is 1. The molecule has 0 aromatic heterocycles. The predicted molar refractivity (Wildman–Crippen MR) is 115 cm³/mol. The van der Waals surface area contributed by atoms with Gasteiger partial charge in [-0.15, -0.1) is 0 Å². The minimum atomic E-state index is -1.23. The fourth-order valence-corrected chi connectivity index (χ4v) is 5.05. The van der Waals surface area contributed by atoms with Gasteiger partial charge in [0.2, 0.25) is 0 Å². The van der Waals surface area contributed by atoms with Crippen molar-refractivity contribution in [3.8, 4) is 0 Å². The number of halogens is 1. The summed E-state index contributed by atoms with van der Waals surface area (Å²) in [5.74, 6) is -3.67. The van der Waals surface area contributed by atoms with Crippen molar-refractivity contribution >= 4 is 34.6 Å². The number of nitro groups is 1. The SMILES string of the molecule is CC1(C)CC(=O)C(C(C2=C(O)CC(C)(C)CC2=O)c2cc([N+](=O)[O-])ccc2Cl)C(=O)C1. The van der Waals surface area contributed by atoms with E-state index in [4.69, 9.17) is 11.6 Å². The molecule has 3 rings (SSSR count). The molecule has 0 radical (unpaired) electrons. The maximum atomic E-state index is 13.1. The number of ketones is 3. The van der Waals surface area contributed by atoms with E-state index in [9.17, 15) is 29.6 Å². The van der Waals surface area contributed by atoms with Crippen molar-refractivity contribution in [2.75, 3.05) is 0 Å². The molecule has 1 atom stereocenters. The van der Waals surface area contributed by atoms with Crippen LogP contribution in [0.15, 0.2) is 29.5 Å². The maximum Gasteiger partial charge on any atom is 0.269 e. The van der Waals surface area contributed by atoms with Crippen molar-refractivity contribution < 1.29 is 24.4 Å². The second kappa shape index (κ2) is 7.86. The average Bonchev–Trinajstić information content (AvgIpc) is 2.57. The van der Waals surface area contributed by atoms with Crippen LogP contribution in [0.4, 0.5) is 5.69 Å². The number of allylic oxidation sites excluding steroid dienone is 2. The zero-order valence-electron chi connectivity index (χ0n) is 18.0. The third-order valence-corrected chi connectivity index (χ3v) is 6.41. The van der Waals surface area contributed by atoms with Crippen LogP contribution in [0.1, 0.15) is 64.9 Å². The fourth-order valence-electron chi connectivity index (χ4n) is 4.82. The molecule has 0 amide bonds. The minimum Gasteiger partial charge on any atom is -0.512 e. The highest BCUT2D eigenvalue weighted by atomic mass is 35.5. The first-order valence-electron chi connectivity index (χ1n) is 10.2. The molecule has 2 aliphatic carbocycles. The lowest BCUT2D eigenvalue weighted by molar-refractivity contribution is -0.384. The Bertz CT molecular complexity index is 1000. The van der Waals surface area contributed by atoms with Gasteiger partial charge in [0.05, 0.1) is 10.8 Å². The van der Waals surface area contributed by atoms with Gasteiger partial charge in [-0.05, 0) is 22.5 Å². The molecule has 31 heavy (non-hydrogen) atoms. The molecule has 0 saturated heterocycles. The van der Waals surface area contributed by atoms with E-state index in [1.807, 2.05) is 27.7 Å². The Kier molecular flexibility index (Phi) is 5.86. The summed E-state index contributed by atoms with van der Waals surface area (Å²) in [7, 11) is 0. The smallest absolute Gasteiger partial charge is 0.269 e. The summed E-state index contributed by atoms with van der Waals surface area (Å²) < 4.78 is 0. The topological polar surface area (TPSA) is 115 Å². The largest absolute Gasteiger partial charge is 0.512 e. The molecule has 1 fully saturated rings. The summed E-state index contributed by atoms with van der Waals surface area (Å²) >= 11 is 6.38. The summed E-state index contributed by atoms with van der Waals surface area (Å²) in [6.45, 7) is 7.32. The lowest BCUT2D eigenvalue weighted by Crippen LogP contribution is -2.43. The zero-order valence-corrected chi connectivity index (χ0v) is 18.8. The lowest BCUT2D eigenvalue weighted by atomic mass is 9.62. The number of hydrogen-bond acceptors (Lipinski definition) is 6. The Balaban J connectivity index is 2.25. The predicted octanol–water partition coefficient (Wildman–Crippen LogP) is 5.11. The van der Waals surface area contributed by atoms with Gasteiger partial charge in [-0.3, -0.25) is 24.5 Å². The van der Waals surface area contributed by atoms with Gasteiger partial charge in [0.15, 0.2) is 5.78 Å². The first kappa shape index (κ1) is 23.1. The highest BCUT2D eigenvalue weighted by Crippen LogP contribution is 2.49. The number of carbonyl (C=O) groups is 3. The highest BCUT2D eigenvalue weighted by Gasteiger charge is 2.49. The second-order valence-corrected chi connectivity index (χ2v) is 10.6. The molecule has 1 N–H and O–H groups in total. The van der Waals surface area contributed by atoms with Crippen molar-refractivity contribution in [3.63, 3.8) is 0 Å². The van der Waals surface area contributed by atoms with E-state index in [1.165, 1.54) is 18.2 Å². The Morgan fingerprint density at radius 1 is 1.03 bits per heavy atom. The molecule has 2 aliphatic rings. The molecule has 8 heteroatoms. The molecule has 1 aromatic rings. The molecular weight excluding hydrogens is 422 g/mol. The van der Waals surface area contributed by atoms with Crippen LogP contribution in [0, 0.1) is 26.9 Å². The average molecular weight is 448 g/mol. The molecule has 1 saturated carbocycles. The van der Waals surface area contributed by atoms with E-state index in [2.05, 4.69) is 0 Å². The van der Waals surface area contributed by atoms with E-state index in [0.29, 0.717) is 0 Å². The first-order valence-corrected chi connectivity index (χ1v) is 10.5. The van der Waals surface area contributed by atoms with Gasteiger partial charge in [-0.25, -0.2) is 0 Å². The van der Waals surface area contributed by atoms with Gasteiger partial charge in [0, 0.05) is 54.3 Å². The van der Waals surface area contributed by atoms with Crippen molar-refractivity contribution in [2.45, 2.75) is 59.3 Å². The van der Waals surface area contributed by atoms with Gasteiger partial charge < -0.3 is 5.11 Å². The molecule has 1 unspecified atom stereocenters. The third kappa shape index (κ3) is 4.56. The van der Waals surface area contributed by atoms with E-state index in [-0.39, 0.29) is 70.6 Å². The minimum absolute atomic E-state index is 0.0341. The third-order valence-electron chi connectivity index (χ3n) is 6.07. The van der Waals surface area contributed by atoms with Crippen molar-refractivity contribution in [2.24, 2.45) is 16.7 Å². The number of carbonyl (C=O) groups excluding carboxylic acids is 3. The summed E-state index contributed by atoms with van der Waals surface area (Å²) in [5, 5.41) is 22.3. The summed E-state index contributed by atoms with van der Waals surface area (Å²) in [6, 6.07) is 3.73. The number of Topliss-reactive ketones (excluding diaryl/α,β-unsaturated/α-hetero) is 3. The molecule has 1 aromatic carbocycles. The Labute approximate surface area is 185 Å². The summed E-state index contributed by atoms with van der Waals surface area (Å²) in [5.41, 5.74) is -1.17. The molecule has 7 nitrogen and oxygen atoms in total. The van der Waals surface area contributed by atoms with E-state index >= 15 is 0 Å². The van der Waals surface area contributed by atoms with Gasteiger partial charge in [0.25, 0.3) is 5.69 Å². The quantitative estimate of drug-likeness (QED) is 0.389. The molecule has 166 valence electrons. The normalized spacial score (nSPS) is 22.5. The van der Waals surface area contributed by atoms with Gasteiger partial charge >= 0.3 is 0 Å². The molecular formula is C23H26ClNO6. The lowest BCUT2D eigenvalue weighted by Gasteiger charge is -2.39.